The van der Waals surface area contributed by atoms with Crippen molar-refractivity contribution in [3.05, 3.63) is 23.8 Å². The number of rotatable bonds is 8. The van der Waals surface area contributed by atoms with Crippen LogP contribution >= 0.6 is 0 Å². The van der Waals surface area contributed by atoms with E-state index in [2.05, 4.69) is 15.8 Å². The summed E-state index contributed by atoms with van der Waals surface area (Å²) in [7, 11) is 3.02. The van der Waals surface area contributed by atoms with E-state index in [1.807, 2.05) is 0 Å². The highest BCUT2D eigenvalue weighted by Crippen LogP contribution is 2.22. The van der Waals surface area contributed by atoms with E-state index < -0.39 is 5.91 Å². The van der Waals surface area contributed by atoms with Gasteiger partial charge in [0.1, 0.15) is 11.5 Å². The molecule has 1 fully saturated rings. The summed E-state index contributed by atoms with van der Waals surface area (Å²) < 4.78 is 15.7. The number of hydrazone groups is 1. The van der Waals surface area contributed by atoms with E-state index in [-0.39, 0.29) is 18.4 Å². The smallest absolute Gasteiger partial charge is 0.271 e. The number of nitrogens with one attached hydrogen (secondary N) is 2. The van der Waals surface area contributed by atoms with Crippen LogP contribution in [-0.4, -0.2) is 51.0 Å². The minimum Gasteiger partial charge on any atom is -0.497 e. The summed E-state index contributed by atoms with van der Waals surface area (Å²) in [5.41, 5.74) is 3.28. The van der Waals surface area contributed by atoms with Gasteiger partial charge in [-0.15, -0.1) is 0 Å². The average Bonchev–Trinajstić information content (AvgIpc) is 3.17. The van der Waals surface area contributed by atoms with E-state index in [1.165, 1.54) is 14.2 Å². The fourth-order valence-corrected chi connectivity index (χ4v) is 2.52. The number of nitrogens with zero attached hydrogens (tertiary/aromatic N) is 1. The van der Waals surface area contributed by atoms with Gasteiger partial charge in [-0.2, -0.15) is 5.10 Å². The SMILES string of the molecule is COc1cc(OC)cc(C(=O)NN=C(C)CC(=O)NCC2CCCO2)c1. The maximum absolute atomic E-state index is 12.2. The minimum atomic E-state index is -0.415. The number of hydrogen-bond donors (Lipinski definition) is 2. The van der Waals surface area contributed by atoms with Gasteiger partial charge in [-0.05, 0) is 31.9 Å². The van der Waals surface area contributed by atoms with Gasteiger partial charge in [0, 0.05) is 30.5 Å². The molecule has 1 heterocycles. The first-order valence-corrected chi connectivity index (χ1v) is 8.46. The lowest BCUT2D eigenvalue weighted by Crippen LogP contribution is -2.33. The van der Waals surface area contributed by atoms with Crippen molar-refractivity contribution < 1.29 is 23.8 Å². The first-order chi connectivity index (χ1) is 12.5. The monoisotopic (exact) mass is 363 g/mol. The van der Waals surface area contributed by atoms with Crippen molar-refractivity contribution in [3.63, 3.8) is 0 Å². The van der Waals surface area contributed by atoms with Crippen LogP contribution in [0.1, 0.15) is 36.5 Å². The zero-order valence-corrected chi connectivity index (χ0v) is 15.3. The Labute approximate surface area is 152 Å². The van der Waals surface area contributed by atoms with Crippen LogP contribution in [0, 0.1) is 0 Å². The van der Waals surface area contributed by atoms with Crippen molar-refractivity contribution in [2.45, 2.75) is 32.3 Å². The number of amides is 2. The number of carbonyl (C=O) groups is 2. The molecule has 0 aliphatic carbocycles. The fraction of sp³-hybridized carbons (Fsp3) is 0.500. The maximum atomic E-state index is 12.2. The van der Waals surface area contributed by atoms with Crippen LogP contribution in [0.15, 0.2) is 23.3 Å². The molecule has 1 aromatic carbocycles. The summed E-state index contributed by atoms with van der Waals surface area (Å²) >= 11 is 0. The highest BCUT2D eigenvalue weighted by molar-refractivity contribution is 6.01. The zero-order valence-electron chi connectivity index (χ0n) is 15.3. The highest BCUT2D eigenvalue weighted by atomic mass is 16.5. The Balaban J connectivity index is 1.85. The summed E-state index contributed by atoms with van der Waals surface area (Å²) in [5, 5.41) is 6.79. The van der Waals surface area contributed by atoms with E-state index >= 15 is 0 Å². The number of ether oxygens (including phenoxy) is 3. The summed E-state index contributed by atoms with van der Waals surface area (Å²) in [5.74, 6) is 0.438. The van der Waals surface area contributed by atoms with Crippen LogP contribution in [0.4, 0.5) is 0 Å². The van der Waals surface area contributed by atoms with Crippen molar-refractivity contribution >= 4 is 17.5 Å². The third kappa shape index (κ3) is 6.03. The molecule has 1 aliphatic heterocycles. The van der Waals surface area contributed by atoms with Gasteiger partial charge in [0.2, 0.25) is 5.91 Å². The molecule has 1 unspecified atom stereocenters. The summed E-state index contributed by atoms with van der Waals surface area (Å²) in [6, 6.07) is 4.83. The molecule has 2 N–H and O–H groups in total. The van der Waals surface area contributed by atoms with E-state index in [1.54, 1.807) is 25.1 Å². The molecule has 1 atom stereocenters. The molecule has 0 radical (unpaired) electrons. The first-order valence-electron chi connectivity index (χ1n) is 8.46. The summed E-state index contributed by atoms with van der Waals surface area (Å²) in [6.07, 6.45) is 2.20. The Kier molecular flexibility index (Phi) is 7.40. The topological polar surface area (TPSA) is 98.3 Å². The molecule has 2 rings (SSSR count). The number of methoxy groups -OCH3 is 2. The molecule has 1 aliphatic rings. The van der Waals surface area contributed by atoms with Crippen molar-refractivity contribution in [1.29, 1.82) is 0 Å². The first kappa shape index (κ1) is 19.7. The molecule has 26 heavy (non-hydrogen) atoms. The fourth-order valence-electron chi connectivity index (χ4n) is 2.52. The molecule has 0 bridgehead atoms. The van der Waals surface area contributed by atoms with Crippen LogP contribution in [0.25, 0.3) is 0 Å². The Bertz CT molecular complexity index is 647. The molecule has 142 valence electrons. The molecule has 0 saturated carbocycles. The van der Waals surface area contributed by atoms with Crippen LogP contribution in [0.2, 0.25) is 0 Å². The molecule has 8 heteroatoms. The van der Waals surface area contributed by atoms with Crippen molar-refractivity contribution in [2.75, 3.05) is 27.4 Å². The van der Waals surface area contributed by atoms with Crippen LogP contribution in [0.3, 0.4) is 0 Å². The van der Waals surface area contributed by atoms with E-state index in [9.17, 15) is 9.59 Å². The normalized spacial score (nSPS) is 16.9. The third-order valence-corrected chi connectivity index (χ3v) is 3.93. The molecule has 2 amide bonds. The second-order valence-corrected chi connectivity index (χ2v) is 6.01. The average molecular weight is 363 g/mol. The van der Waals surface area contributed by atoms with Crippen molar-refractivity contribution in [3.8, 4) is 11.5 Å². The Morgan fingerprint density at radius 1 is 1.23 bits per heavy atom. The van der Waals surface area contributed by atoms with Gasteiger partial charge >= 0.3 is 0 Å². The maximum Gasteiger partial charge on any atom is 0.271 e. The molecule has 8 nitrogen and oxygen atoms in total. The lowest BCUT2D eigenvalue weighted by atomic mass is 10.2. The van der Waals surface area contributed by atoms with E-state index in [4.69, 9.17) is 14.2 Å². The molecule has 1 aromatic rings. The lowest BCUT2D eigenvalue weighted by molar-refractivity contribution is -0.120. The summed E-state index contributed by atoms with van der Waals surface area (Å²) in [4.78, 5) is 24.1. The number of hydrogen-bond acceptors (Lipinski definition) is 6. The van der Waals surface area contributed by atoms with Gasteiger partial charge in [-0.3, -0.25) is 9.59 Å². The van der Waals surface area contributed by atoms with Crippen molar-refractivity contribution in [1.82, 2.24) is 10.7 Å². The molecular weight excluding hydrogens is 338 g/mol. The van der Waals surface area contributed by atoms with Crippen LogP contribution < -0.4 is 20.2 Å². The van der Waals surface area contributed by atoms with Crippen molar-refractivity contribution in [2.24, 2.45) is 5.10 Å². The van der Waals surface area contributed by atoms with Crippen LogP contribution in [0.5, 0.6) is 11.5 Å². The zero-order chi connectivity index (χ0) is 18.9. The standard InChI is InChI=1S/C18H25N3O5/c1-12(7-17(22)19-11-14-5-4-6-26-14)20-21-18(23)13-8-15(24-2)10-16(9-13)25-3/h8-10,14H,4-7,11H2,1-3H3,(H,19,22)(H,21,23). The molecule has 1 saturated heterocycles. The van der Waals surface area contributed by atoms with Gasteiger partial charge < -0.3 is 19.5 Å². The number of carbonyl (C=O) groups excluding carboxylic acids is 2. The second-order valence-electron chi connectivity index (χ2n) is 6.01. The molecule has 0 aromatic heterocycles. The molecule has 0 spiro atoms. The van der Waals surface area contributed by atoms with Gasteiger partial charge in [-0.1, -0.05) is 0 Å². The quantitative estimate of drug-likeness (QED) is 0.539. The lowest BCUT2D eigenvalue weighted by Gasteiger charge is -2.10. The Morgan fingerprint density at radius 2 is 1.92 bits per heavy atom. The van der Waals surface area contributed by atoms with Gasteiger partial charge in [-0.25, -0.2) is 5.43 Å². The number of benzene rings is 1. The van der Waals surface area contributed by atoms with E-state index in [0.717, 1.165) is 19.4 Å². The van der Waals surface area contributed by atoms with Gasteiger partial charge in [0.15, 0.2) is 0 Å². The highest BCUT2D eigenvalue weighted by Gasteiger charge is 2.16. The summed E-state index contributed by atoms with van der Waals surface area (Å²) in [6.45, 7) is 2.93. The second kappa shape index (κ2) is 9.76. The van der Waals surface area contributed by atoms with Gasteiger partial charge in [0.05, 0.1) is 26.7 Å². The van der Waals surface area contributed by atoms with Crippen LogP contribution in [-0.2, 0) is 9.53 Å². The third-order valence-electron chi connectivity index (χ3n) is 3.93. The predicted molar refractivity (Wildman–Crippen MR) is 96.7 cm³/mol. The van der Waals surface area contributed by atoms with E-state index in [0.29, 0.717) is 29.3 Å². The largest absolute Gasteiger partial charge is 0.497 e. The Hall–Kier alpha value is -2.61. The predicted octanol–water partition coefficient (Wildman–Crippen LogP) is 1.49. The molecular formula is C18H25N3O5. The Morgan fingerprint density at radius 3 is 2.50 bits per heavy atom. The van der Waals surface area contributed by atoms with Gasteiger partial charge in [0.25, 0.3) is 5.91 Å². The minimum absolute atomic E-state index is 0.0962.